The van der Waals surface area contributed by atoms with E-state index in [1.807, 2.05) is 24.3 Å². The van der Waals surface area contributed by atoms with E-state index < -0.39 is 5.97 Å². The van der Waals surface area contributed by atoms with Crippen LogP contribution >= 0.6 is 0 Å². The van der Waals surface area contributed by atoms with Crippen LogP contribution in [0, 0.1) is 13.8 Å². The molecule has 0 aliphatic heterocycles. The summed E-state index contributed by atoms with van der Waals surface area (Å²) in [6, 6.07) is 28.1. The van der Waals surface area contributed by atoms with Gasteiger partial charge in [-0.05, 0) is 62.7 Å². The summed E-state index contributed by atoms with van der Waals surface area (Å²) < 4.78 is 11.6. The van der Waals surface area contributed by atoms with E-state index in [9.17, 15) is 4.79 Å². The van der Waals surface area contributed by atoms with Crippen LogP contribution in [-0.2, 0) is 4.79 Å². The van der Waals surface area contributed by atoms with E-state index in [-0.39, 0.29) is 0 Å². The molecule has 4 aromatic rings. The lowest BCUT2D eigenvalue weighted by Gasteiger charge is -2.06. The van der Waals surface area contributed by atoms with Crippen LogP contribution in [0.5, 0.6) is 5.75 Å². The fourth-order valence-corrected chi connectivity index (χ4v) is 3.30. The minimum Gasteiger partial charge on any atom is -0.423 e. The zero-order valence-electron chi connectivity index (χ0n) is 18.5. The molecule has 32 heavy (non-hydrogen) atoms. The van der Waals surface area contributed by atoms with Crippen molar-refractivity contribution >= 4 is 5.97 Å². The second kappa shape index (κ2) is 9.03. The van der Waals surface area contributed by atoms with Crippen molar-refractivity contribution in [3.05, 3.63) is 108 Å². The lowest BCUT2D eigenvalue weighted by Crippen LogP contribution is -2.07. The Bertz CT molecular complexity index is 1200. The Balaban J connectivity index is 1.77. The van der Waals surface area contributed by atoms with Gasteiger partial charge in [-0.25, -0.2) is 9.21 Å². The van der Waals surface area contributed by atoms with Crippen LogP contribution in [-0.4, -0.2) is 5.97 Å². The van der Waals surface area contributed by atoms with Gasteiger partial charge >= 0.3 is 17.5 Å². The third kappa shape index (κ3) is 4.84. The highest BCUT2D eigenvalue weighted by molar-refractivity contribution is 5.88. The number of carbonyl (C=O) groups excluding carboxylic acids is 1. The van der Waals surface area contributed by atoms with E-state index in [4.69, 9.17) is 9.15 Å². The third-order valence-corrected chi connectivity index (χ3v) is 5.21. The van der Waals surface area contributed by atoms with Crippen LogP contribution in [0.15, 0.2) is 101 Å². The molecule has 0 aliphatic carbocycles. The van der Waals surface area contributed by atoms with E-state index in [0.717, 1.165) is 33.8 Å². The first-order valence-electron chi connectivity index (χ1n) is 10.5. The summed E-state index contributed by atoms with van der Waals surface area (Å²) in [5.41, 5.74) is 6.80. The summed E-state index contributed by atoms with van der Waals surface area (Å²) in [6.45, 7) is 9.38. The highest BCUT2D eigenvalue weighted by Gasteiger charge is 2.20. The molecule has 0 aliphatic rings. The molecule has 3 nitrogen and oxygen atoms in total. The Morgan fingerprint density at radius 2 is 1.12 bits per heavy atom. The average Bonchev–Trinajstić information content (AvgIpc) is 2.80. The quantitative estimate of drug-likeness (QED) is 0.144. The molecule has 0 bridgehead atoms. The van der Waals surface area contributed by atoms with Crippen LogP contribution in [0.2, 0.25) is 0 Å². The van der Waals surface area contributed by atoms with Crippen LogP contribution in [0.25, 0.3) is 33.8 Å². The zero-order valence-corrected chi connectivity index (χ0v) is 18.5. The van der Waals surface area contributed by atoms with Crippen molar-refractivity contribution in [3.8, 4) is 39.5 Å². The largest absolute Gasteiger partial charge is 0.423 e. The van der Waals surface area contributed by atoms with Gasteiger partial charge in [-0.2, -0.15) is 0 Å². The Hall–Kier alpha value is -3.98. The first kappa shape index (κ1) is 21.3. The summed E-state index contributed by atoms with van der Waals surface area (Å²) in [4.78, 5) is 11.8. The van der Waals surface area contributed by atoms with E-state index in [0.29, 0.717) is 11.3 Å². The van der Waals surface area contributed by atoms with Gasteiger partial charge < -0.3 is 4.74 Å². The van der Waals surface area contributed by atoms with Gasteiger partial charge in [-0.1, -0.05) is 54.1 Å². The van der Waals surface area contributed by atoms with Crippen LogP contribution in [0.3, 0.4) is 0 Å². The SMILES string of the molecule is C=C(C)C(=O)Oc1ccc(-c2cc(-c3ccc(C)cc3)[o+]c(-c3ccc(C)cc3)c2)cc1. The maximum atomic E-state index is 11.8. The first-order chi connectivity index (χ1) is 15.4. The Morgan fingerprint density at radius 3 is 1.56 bits per heavy atom. The van der Waals surface area contributed by atoms with Crippen molar-refractivity contribution in [1.82, 2.24) is 0 Å². The van der Waals surface area contributed by atoms with Gasteiger partial charge in [0.2, 0.25) is 0 Å². The Kier molecular flexibility index (Phi) is 6.00. The fraction of sp³-hybridized carbons (Fsp3) is 0.103. The van der Waals surface area contributed by atoms with Gasteiger partial charge in [-0.15, -0.1) is 0 Å². The topological polar surface area (TPSA) is 37.6 Å². The van der Waals surface area contributed by atoms with Gasteiger partial charge in [0.15, 0.2) is 0 Å². The standard InChI is InChI=1S/C29H25O3/c1-19(2)29(30)31-26-15-13-22(14-16-26)25-17-27(23-9-5-20(3)6-10-23)32-28(18-25)24-11-7-21(4)8-12-24/h5-18H,1H2,2-4H3/q+1. The number of hydrogen-bond donors (Lipinski definition) is 0. The molecule has 3 heteroatoms. The summed E-state index contributed by atoms with van der Waals surface area (Å²) in [6.07, 6.45) is 0. The normalized spacial score (nSPS) is 10.6. The van der Waals surface area contributed by atoms with Gasteiger partial charge in [0, 0.05) is 11.1 Å². The van der Waals surface area contributed by atoms with Crippen LogP contribution in [0.1, 0.15) is 18.1 Å². The summed E-state index contributed by atoms with van der Waals surface area (Å²) in [7, 11) is 0. The van der Waals surface area contributed by atoms with Crippen molar-refractivity contribution in [3.63, 3.8) is 0 Å². The zero-order chi connectivity index (χ0) is 22.7. The molecule has 4 rings (SSSR count). The van der Waals surface area contributed by atoms with Crippen molar-refractivity contribution in [2.24, 2.45) is 0 Å². The van der Waals surface area contributed by atoms with E-state index >= 15 is 0 Å². The van der Waals surface area contributed by atoms with E-state index in [1.54, 1.807) is 19.1 Å². The predicted molar refractivity (Wildman–Crippen MR) is 129 cm³/mol. The summed E-state index contributed by atoms with van der Waals surface area (Å²) in [5, 5.41) is 0. The van der Waals surface area contributed by atoms with Crippen molar-refractivity contribution in [1.29, 1.82) is 0 Å². The van der Waals surface area contributed by atoms with Gasteiger partial charge in [0.05, 0.1) is 23.3 Å². The molecule has 0 atom stereocenters. The minimum absolute atomic E-state index is 0.365. The Morgan fingerprint density at radius 1 is 0.688 bits per heavy atom. The molecular weight excluding hydrogens is 396 g/mol. The predicted octanol–water partition coefficient (Wildman–Crippen LogP) is 7.66. The van der Waals surface area contributed by atoms with Crippen LogP contribution < -0.4 is 4.74 Å². The summed E-state index contributed by atoms with van der Waals surface area (Å²) in [5.74, 6) is 1.63. The molecule has 0 fully saturated rings. The van der Waals surface area contributed by atoms with Crippen molar-refractivity contribution in [2.75, 3.05) is 0 Å². The number of esters is 1. The second-order valence-corrected chi connectivity index (χ2v) is 8.00. The molecule has 3 aromatic carbocycles. The highest BCUT2D eigenvalue weighted by atomic mass is 16.5. The van der Waals surface area contributed by atoms with Gasteiger partial charge in [0.25, 0.3) is 0 Å². The van der Waals surface area contributed by atoms with Gasteiger partial charge in [0.1, 0.15) is 5.75 Å². The molecule has 158 valence electrons. The molecule has 0 saturated heterocycles. The van der Waals surface area contributed by atoms with Crippen molar-refractivity contribution in [2.45, 2.75) is 20.8 Å². The average molecular weight is 422 g/mol. The van der Waals surface area contributed by atoms with Crippen molar-refractivity contribution < 1.29 is 13.9 Å². The number of hydrogen-bond acceptors (Lipinski definition) is 2. The summed E-state index contributed by atoms with van der Waals surface area (Å²) >= 11 is 0. The molecule has 0 spiro atoms. The van der Waals surface area contributed by atoms with Crippen LogP contribution in [0.4, 0.5) is 0 Å². The molecule has 0 amide bonds. The number of rotatable bonds is 5. The maximum Gasteiger partial charge on any atom is 0.361 e. The number of ether oxygens (including phenoxy) is 1. The lowest BCUT2D eigenvalue weighted by atomic mass is 10.0. The molecule has 0 radical (unpaired) electrons. The fourth-order valence-electron chi connectivity index (χ4n) is 3.30. The molecule has 1 heterocycles. The lowest BCUT2D eigenvalue weighted by molar-refractivity contribution is -0.130. The smallest absolute Gasteiger partial charge is 0.361 e. The molecule has 0 N–H and O–H groups in total. The highest BCUT2D eigenvalue weighted by Crippen LogP contribution is 2.33. The Labute approximate surface area is 188 Å². The number of aryl methyl sites for hydroxylation is 2. The maximum absolute atomic E-state index is 11.8. The molecule has 0 unspecified atom stereocenters. The first-order valence-corrected chi connectivity index (χ1v) is 10.5. The molecular formula is C29H25O3+. The third-order valence-electron chi connectivity index (χ3n) is 5.21. The molecule has 0 saturated carbocycles. The number of carbonyl (C=O) groups is 1. The van der Waals surface area contributed by atoms with Gasteiger partial charge in [-0.3, -0.25) is 0 Å². The number of benzene rings is 3. The van der Waals surface area contributed by atoms with E-state index in [2.05, 4.69) is 69.0 Å². The van der Waals surface area contributed by atoms with E-state index in [1.165, 1.54) is 11.1 Å². The second-order valence-electron chi connectivity index (χ2n) is 8.00. The monoisotopic (exact) mass is 421 g/mol. The molecule has 1 aromatic heterocycles. The minimum atomic E-state index is -0.431.